The smallest absolute Gasteiger partial charge is 0.408 e. The largest absolute Gasteiger partial charge is 0.508 e. The van der Waals surface area contributed by atoms with Crippen LogP contribution in [0.1, 0.15) is 85.4 Å². The van der Waals surface area contributed by atoms with Crippen LogP contribution in [0, 0.1) is 0 Å². The zero-order chi connectivity index (χ0) is 30.3. The minimum atomic E-state index is -1.18. The van der Waals surface area contributed by atoms with Crippen molar-refractivity contribution in [3.8, 4) is 11.5 Å². The number of nitrogens with zero attached hydrogens (tertiary/aromatic N) is 1. The van der Waals surface area contributed by atoms with Crippen LogP contribution in [0.4, 0.5) is 4.79 Å². The first-order chi connectivity index (χ1) is 18.5. The molecule has 2 aromatic carbocycles. The standard InChI is InChI=1S/C31H45N3O6/c1-9-12-20(2)32-27(37)26(23-13-10-11-14-25(23)36)34(30(3,4)5)28(38)24(33-29(39)40-31(6,7)8)19-21-15-17-22(35)18-16-21/h10-11,13-18,20,24,26,35-36H,9,12,19H2,1-8H3,(H,32,37)(H,33,39). The molecule has 0 aliphatic carbocycles. The Morgan fingerprint density at radius 1 is 0.925 bits per heavy atom. The van der Waals surface area contributed by atoms with Gasteiger partial charge in [-0.3, -0.25) is 9.59 Å². The summed E-state index contributed by atoms with van der Waals surface area (Å²) in [4.78, 5) is 42.6. The monoisotopic (exact) mass is 555 g/mol. The fourth-order valence-corrected chi connectivity index (χ4v) is 4.47. The Morgan fingerprint density at radius 2 is 1.52 bits per heavy atom. The summed E-state index contributed by atoms with van der Waals surface area (Å²) in [5.74, 6) is -1.02. The van der Waals surface area contributed by atoms with Gasteiger partial charge < -0.3 is 30.5 Å². The van der Waals surface area contributed by atoms with E-state index in [4.69, 9.17) is 4.74 Å². The van der Waals surface area contributed by atoms with E-state index < -0.39 is 41.1 Å². The predicted molar refractivity (Wildman–Crippen MR) is 155 cm³/mol. The van der Waals surface area contributed by atoms with Crippen LogP contribution in [0.2, 0.25) is 0 Å². The number of phenols is 2. The summed E-state index contributed by atoms with van der Waals surface area (Å²) in [5.41, 5.74) is -0.750. The first-order valence-electron chi connectivity index (χ1n) is 13.7. The van der Waals surface area contributed by atoms with Gasteiger partial charge in [0.25, 0.3) is 0 Å². The predicted octanol–water partition coefficient (Wildman–Crippen LogP) is 5.21. The van der Waals surface area contributed by atoms with Crippen LogP contribution in [0.5, 0.6) is 11.5 Å². The second-order valence-electron chi connectivity index (χ2n) is 12.1. The molecule has 0 fully saturated rings. The van der Waals surface area contributed by atoms with Crippen molar-refractivity contribution in [1.29, 1.82) is 0 Å². The molecule has 3 amide bonds. The van der Waals surface area contributed by atoms with Gasteiger partial charge in [0.15, 0.2) is 0 Å². The number of phenolic OH excluding ortho intramolecular Hbond substituents is 2. The van der Waals surface area contributed by atoms with Gasteiger partial charge in [0.2, 0.25) is 11.8 Å². The highest BCUT2D eigenvalue weighted by Crippen LogP contribution is 2.35. The maximum Gasteiger partial charge on any atom is 0.408 e. The normalized spacial score (nSPS) is 14.0. The first-order valence-corrected chi connectivity index (χ1v) is 13.7. The van der Waals surface area contributed by atoms with Crippen molar-refractivity contribution in [2.45, 2.75) is 104 Å². The highest BCUT2D eigenvalue weighted by molar-refractivity contribution is 5.93. The molecular formula is C31H45N3O6. The van der Waals surface area contributed by atoms with Crippen molar-refractivity contribution in [2.24, 2.45) is 0 Å². The van der Waals surface area contributed by atoms with Gasteiger partial charge in [-0.25, -0.2) is 4.79 Å². The van der Waals surface area contributed by atoms with Gasteiger partial charge in [-0.2, -0.15) is 0 Å². The molecule has 0 aliphatic rings. The fourth-order valence-electron chi connectivity index (χ4n) is 4.47. The number of ether oxygens (including phenoxy) is 1. The molecule has 0 bridgehead atoms. The average Bonchev–Trinajstić information content (AvgIpc) is 2.81. The number of amides is 3. The Labute approximate surface area is 237 Å². The molecule has 0 aromatic heterocycles. The number of hydrogen-bond acceptors (Lipinski definition) is 6. The van der Waals surface area contributed by atoms with Crippen molar-refractivity contribution in [2.75, 3.05) is 0 Å². The molecule has 0 radical (unpaired) electrons. The Morgan fingerprint density at radius 3 is 2.05 bits per heavy atom. The zero-order valence-corrected chi connectivity index (χ0v) is 24.9. The van der Waals surface area contributed by atoms with Gasteiger partial charge in [-0.05, 0) is 78.6 Å². The molecular weight excluding hydrogens is 510 g/mol. The second-order valence-corrected chi connectivity index (χ2v) is 12.1. The van der Waals surface area contributed by atoms with E-state index in [0.717, 1.165) is 12.8 Å². The molecule has 9 heteroatoms. The third-order valence-corrected chi connectivity index (χ3v) is 6.17. The number of hydrogen-bond donors (Lipinski definition) is 4. The minimum Gasteiger partial charge on any atom is -0.508 e. The number of alkyl carbamates (subject to hydrolysis) is 1. The molecule has 220 valence electrons. The lowest BCUT2D eigenvalue weighted by Gasteiger charge is -2.43. The zero-order valence-electron chi connectivity index (χ0n) is 24.9. The van der Waals surface area contributed by atoms with E-state index in [1.165, 1.54) is 23.1 Å². The van der Waals surface area contributed by atoms with Crippen LogP contribution in [-0.4, -0.2) is 56.2 Å². The summed E-state index contributed by atoms with van der Waals surface area (Å²) < 4.78 is 5.45. The Bertz CT molecular complexity index is 1150. The summed E-state index contributed by atoms with van der Waals surface area (Å²) in [6.07, 6.45) is 0.899. The fraction of sp³-hybridized carbons (Fsp3) is 0.516. The topological polar surface area (TPSA) is 128 Å². The molecule has 2 rings (SSSR count). The molecule has 0 saturated heterocycles. The molecule has 3 unspecified atom stereocenters. The summed E-state index contributed by atoms with van der Waals surface area (Å²) in [6.45, 7) is 14.5. The Balaban J connectivity index is 2.62. The minimum absolute atomic E-state index is 0.0699. The van der Waals surface area contributed by atoms with Gasteiger partial charge in [0.1, 0.15) is 29.2 Å². The van der Waals surface area contributed by atoms with Crippen molar-refractivity contribution in [3.05, 3.63) is 59.7 Å². The number of nitrogens with one attached hydrogen (secondary N) is 2. The van der Waals surface area contributed by atoms with E-state index in [-0.39, 0.29) is 29.5 Å². The third kappa shape index (κ3) is 9.47. The van der Waals surface area contributed by atoms with Crippen molar-refractivity contribution >= 4 is 17.9 Å². The number of rotatable bonds is 10. The lowest BCUT2D eigenvalue weighted by molar-refractivity contribution is -0.148. The molecule has 0 heterocycles. The summed E-state index contributed by atoms with van der Waals surface area (Å²) in [5, 5.41) is 26.2. The van der Waals surface area contributed by atoms with Gasteiger partial charge in [0.05, 0.1) is 0 Å². The molecule has 3 atom stereocenters. The lowest BCUT2D eigenvalue weighted by atomic mass is 9.93. The molecule has 4 N–H and O–H groups in total. The molecule has 0 aliphatic heterocycles. The molecule has 40 heavy (non-hydrogen) atoms. The molecule has 9 nitrogen and oxygen atoms in total. The SMILES string of the molecule is CCCC(C)NC(=O)C(c1ccccc1O)N(C(=O)C(Cc1ccc(O)cc1)NC(=O)OC(C)(C)C)C(C)(C)C. The number of para-hydroxylation sites is 1. The first kappa shape index (κ1) is 32.5. The van der Waals surface area contributed by atoms with Crippen LogP contribution in [0.3, 0.4) is 0 Å². The second kappa shape index (κ2) is 13.5. The molecule has 0 spiro atoms. The van der Waals surface area contributed by atoms with E-state index in [2.05, 4.69) is 10.6 Å². The molecule has 0 saturated carbocycles. The van der Waals surface area contributed by atoms with Crippen LogP contribution in [0.25, 0.3) is 0 Å². The quantitative estimate of drug-likeness (QED) is 0.319. The van der Waals surface area contributed by atoms with Crippen LogP contribution >= 0.6 is 0 Å². The van der Waals surface area contributed by atoms with Crippen LogP contribution in [-0.2, 0) is 20.7 Å². The van der Waals surface area contributed by atoms with Crippen LogP contribution in [0.15, 0.2) is 48.5 Å². The number of aromatic hydroxyl groups is 2. The number of carbonyl (C=O) groups is 3. The van der Waals surface area contributed by atoms with Gasteiger partial charge in [-0.15, -0.1) is 0 Å². The van der Waals surface area contributed by atoms with E-state index >= 15 is 0 Å². The maximum absolute atomic E-state index is 14.4. The Hall–Kier alpha value is -3.75. The van der Waals surface area contributed by atoms with Gasteiger partial charge in [-0.1, -0.05) is 43.7 Å². The highest BCUT2D eigenvalue weighted by atomic mass is 16.6. The summed E-state index contributed by atoms with van der Waals surface area (Å²) >= 11 is 0. The Kier molecular flexibility index (Phi) is 11.0. The summed E-state index contributed by atoms with van der Waals surface area (Å²) in [7, 11) is 0. The average molecular weight is 556 g/mol. The van der Waals surface area contributed by atoms with Crippen LogP contribution < -0.4 is 10.6 Å². The third-order valence-electron chi connectivity index (χ3n) is 6.17. The van der Waals surface area contributed by atoms with E-state index in [9.17, 15) is 24.6 Å². The summed E-state index contributed by atoms with van der Waals surface area (Å²) in [6, 6.07) is 10.3. The van der Waals surface area contributed by atoms with Gasteiger partial charge >= 0.3 is 6.09 Å². The lowest BCUT2D eigenvalue weighted by Crippen LogP contribution is -2.59. The highest BCUT2D eigenvalue weighted by Gasteiger charge is 2.43. The van der Waals surface area contributed by atoms with Crippen molar-refractivity contribution < 1.29 is 29.3 Å². The van der Waals surface area contributed by atoms with Gasteiger partial charge in [0, 0.05) is 23.6 Å². The van der Waals surface area contributed by atoms with E-state index in [0.29, 0.717) is 5.56 Å². The number of benzene rings is 2. The van der Waals surface area contributed by atoms with E-state index in [1.54, 1.807) is 71.9 Å². The van der Waals surface area contributed by atoms with Crippen molar-refractivity contribution in [1.82, 2.24) is 15.5 Å². The van der Waals surface area contributed by atoms with E-state index in [1.807, 2.05) is 13.8 Å². The van der Waals surface area contributed by atoms with Crippen molar-refractivity contribution in [3.63, 3.8) is 0 Å². The maximum atomic E-state index is 14.4. The molecule has 2 aromatic rings. The number of carbonyl (C=O) groups excluding carboxylic acids is 3.